The first kappa shape index (κ1) is 14.8. The first-order chi connectivity index (χ1) is 8.58. The number of esters is 1. The van der Waals surface area contributed by atoms with Crippen molar-refractivity contribution >= 4 is 17.6 Å². The topological polar surface area (TPSA) is 35.5 Å². The fraction of sp³-hybridized carbons (Fsp3) is 0.462. The highest BCUT2D eigenvalue weighted by Crippen LogP contribution is 2.23. The number of carbonyl (C=O) groups is 1. The molecule has 0 bridgehead atoms. The summed E-state index contributed by atoms with van der Waals surface area (Å²) in [5.74, 6) is -0.583. The number of benzene rings is 1. The maximum absolute atomic E-state index is 13.0. The van der Waals surface area contributed by atoms with Gasteiger partial charge in [-0.2, -0.15) is 0 Å². The Labute approximate surface area is 111 Å². The lowest BCUT2D eigenvalue weighted by Gasteiger charge is -2.17. The number of hydrogen-bond donors (Lipinski definition) is 0. The Balaban J connectivity index is 2.76. The molecule has 1 rings (SSSR count). The third-order valence-electron chi connectivity index (χ3n) is 2.27. The number of ether oxygens (including phenoxy) is 2. The van der Waals surface area contributed by atoms with Crippen LogP contribution in [-0.4, -0.2) is 18.7 Å². The molecule has 100 valence electrons. The van der Waals surface area contributed by atoms with Gasteiger partial charge in [0.25, 0.3) is 0 Å². The third-order valence-corrected chi connectivity index (χ3v) is 2.56. The minimum atomic E-state index is -0.684. The fourth-order valence-electron chi connectivity index (χ4n) is 1.44. The molecule has 0 spiro atoms. The quantitative estimate of drug-likeness (QED) is 0.744. The van der Waals surface area contributed by atoms with Crippen LogP contribution in [0.1, 0.15) is 26.7 Å². The van der Waals surface area contributed by atoms with E-state index in [0.717, 1.165) is 6.42 Å². The van der Waals surface area contributed by atoms with Crippen molar-refractivity contribution in [3.05, 3.63) is 29.0 Å². The average Bonchev–Trinajstić information content (AvgIpc) is 2.33. The van der Waals surface area contributed by atoms with Gasteiger partial charge >= 0.3 is 5.97 Å². The molecule has 0 saturated heterocycles. The van der Waals surface area contributed by atoms with Crippen molar-refractivity contribution in [2.75, 3.05) is 6.61 Å². The minimum Gasteiger partial charge on any atom is -0.479 e. The van der Waals surface area contributed by atoms with E-state index in [2.05, 4.69) is 0 Å². The van der Waals surface area contributed by atoms with Gasteiger partial charge in [-0.05, 0) is 25.5 Å². The van der Waals surface area contributed by atoms with Crippen LogP contribution in [0.5, 0.6) is 5.75 Å². The molecule has 1 unspecified atom stereocenters. The number of halogens is 2. The van der Waals surface area contributed by atoms with Crippen molar-refractivity contribution < 1.29 is 18.7 Å². The van der Waals surface area contributed by atoms with Gasteiger partial charge in [0, 0.05) is 6.07 Å². The lowest BCUT2D eigenvalue weighted by molar-refractivity contribution is -0.151. The largest absolute Gasteiger partial charge is 0.479 e. The maximum Gasteiger partial charge on any atom is 0.347 e. The van der Waals surface area contributed by atoms with E-state index in [-0.39, 0.29) is 5.02 Å². The Morgan fingerprint density at radius 3 is 2.72 bits per heavy atom. The van der Waals surface area contributed by atoms with E-state index in [1.807, 2.05) is 6.92 Å². The van der Waals surface area contributed by atoms with Crippen LogP contribution in [0.3, 0.4) is 0 Å². The zero-order valence-corrected chi connectivity index (χ0v) is 11.2. The Morgan fingerprint density at radius 2 is 2.17 bits per heavy atom. The first-order valence-corrected chi connectivity index (χ1v) is 6.24. The summed E-state index contributed by atoms with van der Waals surface area (Å²) in [6.45, 7) is 3.97. The summed E-state index contributed by atoms with van der Waals surface area (Å²) in [4.78, 5) is 11.6. The van der Waals surface area contributed by atoms with Crippen molar-refractivity contribution in [2.24, 2.45) is 0 Å². The van der Waals surface area contributed by atoms with E-state index in [4.69, 9.17) is 21.1 Å². The molecule has 0 aromatic heterocycles. The summed E-state index contributed by atoms with van der Waals surface area (Å²) in [6, 6.07) is 3.98. The highest BCUT2D eigenvalue weighted by Gasteiger charge is 2.21. The van der Waals surface area contributed by atoms with Gasteiger partial charge < -0.3 is 9.47 Å². The zero-order valence-electron chi connectivity index (χ0n) is 10.4. The van der Waals surface area contributed by atoms with Crippen LogP contribution in [0.4, 0.5) is 4.39 Å². The smallest absolute Gasteiger partial charge is 0.347 e. The molecule has 0 N–H and O–H groups in total. The second kappa shape index (κ2) is 7.21. The van der Waals surface area contributed by atoms with E-state index in [9.17, 15) is 9.18 Å². The molecule has 0 amide bonds. The van der Waals surface area contributed by atoms with Crippen LogP contribution in [0.25, 0.3) is 0 Å². The van der Waals surface area contributed by atoms with E-state index in [1.165, 1.54) is 18.2 Å². The van der Waals surface area contributed by atoms with Gasteiger partial charge in [-0.1, -0.05) is 24.9 Å². The number of hydrogen-bond acceptors (Lipinski definition) is 3. The van der Waals surface area contributed by atoms with Gasteiger partial charge in [-0.25, -0.2) is 9.18 Å². The molecule has 0 aliphatic carbocycles. The van der Waals surface area contributed by atoms with Gasteiger partial charge in [0.05, 0.1) is 11.6 Å². The van der Waals surface area contributed by atoms with Crippen LogP contribution in [0.15, 0.2) is 18.2 Å². The standard InChI is InChI=1S/C13H16ClFO3/c1-3-5-12(13(16)17-4-2)18-9-6-7-11(15)10(14)8-9/h6-8,12H,3-5H2,1-2H3. The summed E-state index contributed by atoms with van der Waals surface area (Å²) in [5.41, 5.74) is 0. The molecule has 1 aromatic carbocycles. The zero-order chi connectivity index (χ0) is 13.5. The van der Waals surface area contributed by atoms with Gasteiger partial charge in [-0.15, -0.1) is 0 Å². The highest BCUT2D eigenvalue weighted by molar-refractivity contribution is 6.30. The molecule has 0 aliphatic heterocycles. The summed E-state index contributed by atoms with van der Waals surface area (Å²) in [6.07, 6.45) is 0.628. The molecule has 0 aliphatic rings. The van der Waals surface area contributed by atoms with E-state index in [0.29, 0.717) is 18.8 Å². The van der Waals surface area contributed by atoms with Crippen LogP contribution >= 0.6 is 11.6 Å². The SMILES string of the molecule is CCCC(Oc1ccc(F)c(Cl)c1)C(=O)OCC. The summed E-state index contributed by atoms with van der Waals surface area (Å²) < 4.78 is 23.4. The molecule has 0 heterocycles. The Bertz CT molecular complexity index is 409. The van der Waals surface area contributed by atoms with E-state index in [1.54, 1.807) is 6.92 Å². The third kappa shape index (κ3) is 4.18. The fourth-order valence-corrected chi connectivity index (χ4v) is 1.61. The second-order valence-electron chi connectivity index (χ2n) is 3.72. The number of rotatable bonds is 6. The normalized spacial score (nSPS) is 12.0. The minimum absolute atomic E-state index is 0.0355. The van der Waals surface area contributed by atoms with Crippen molar-refractivity contribution in [3.8, 4) is 5.75 Å². The average molecular weight is 275 g/mol. The molecule has 5 heteroatoms. The van der Waals surface area contributed by atoms with Crippen LogP contribution in [0.2, 0.25) is 5.02 Å². The number of carbonyl (C=O) groups excluding carboxylic acids is 1. The molecular weight excluding hydrogens is 259 g/mol. The predicted octanol–water partition coefficient (Wildman–Crippen LogP) is 3.59. The lowest BCUT2D eigenvalue weighted by atomic mass is 10.2. The highest BCUT2D eigenvalue weighted by atomic mass is 35.5. The molecule has 18 heavy (non-hydrogen) atoms. The van der Waals surface area contributed by atoms with Crippen LogP contribution in [0, 0.1) is 5.82 Å². The van der Waals surface area contributed by atoms with Crippen LogP contribution < -0.4 is 4.74 Å². The van der Waals surface area contributed by atoms with Crippen LogP contribution in [-0.2, 0) is 9.53 Å². The summed E-state index contributed by atoms with van der Waals surface area (Å²) >= 11 is 5.64. The predicted molar refractivity (Wildman–Crippen MR) is 67.4 cm³/mol. The van der Waals surface area contributed by atoms with Crippen molar-refractivity contribution in [1.82, 2.24) is 0 Å². The van der Waals surface area contributed by atoms with Gasteiger partial charge in [0.15, 0.2) is 6.10 Å². The molecular formula is C13H16ClFO3. The monoisotopic (exact) mass is 274 g/mol. The molecule has 0 saturated carbocycles. The molecule has 0 radical (unpaired) electrons. The first-order valence-electron chi connectivity index (χ1n) is 5.86. The van der Waals surface area contributed by atoms with E-state index >= 15 is 0 Å². The second-order valence-corrected chi connectivity index (χ2v) is 4.13. The molecule has 0 fully saturated rings. The van der Waals surface area contributed by atoms with Crippen molar-refractivity contribution in [1.29, 1.82) is 0 Å². The van der Waals surface area contributed by atoms with Gasteiger partial charge in [0.2, 0.25) is 0 Å². The lowest BCUT2D eigenvalue weighted by Crippen LogP contribution is -2.29. The summed E-state index contributed by atoms with van der Waals surface area (Å²) in [5, 5.41) is -0.0355. The van der Waals surface area contributed by atoms with E-state index < -0.39 is 17.9 Å². The van der Waals surface area contributed by atoms with Crippen molar-refractivity contribution in [2.45, 2.75) is 32.8 Å². The summed E-state index contributed by atoms with van der Waals surface area (Å²) in [7, 11) is 0. The Hall–Kier alpha value is -1.29. The molecule has 1 aromatic rings. The van der Waals surface area contributed by atoms with Crippen molar-refractivity contribution in [3.63, 3.8) is 0 Å². The molecule has 3 nitrogen and oxygen atoms in total. The molecule has 1 atom stereocenters. The Morgan fingerprint density at radius 1 is 1.44 bits per heavy atom. The Kier molecular flexibility index (Phi) is 5.92. The maximum atomic E-state index is 13.0. The van der Waals surface area contributed by atoms with Gasteiger partial charge in [0.1, 0.15) is 11.6 Å². The van der Waals surface area contributed by atoms with Gasteiger partial charge in [-0.3, -0.25) is 0 Å².